The summed E-state index contributed by atoms with van der Waals surface area (Å²) in [6.45, 7) is 1.44. The zero-order chi connectivity index (χ0) is 15.1. The van der Waals surface area contributed by atoms with Crippen LogP contribution >= 0.6 is 23.2 Å². The molecule has 2 N–H and O–H groups in total. The van der Waals surface area contributed by atoms with Crippen LogP contribution in [0.2, 0.25) is 10.0 Å². The highest BCUT2D eigenvalue weighted by molar-refractivity contribution is 6.36. The molecule has 0 atom stereocenters. The van der Waals surface area contributed by atoms with Gasteiger partial charge in [-0.3, -0.25) is 0 Å². The third-order valence-corrected chi connectivity index (χ3v) is 3.12. The fourth-order valence-electron chi connectivity index (χ4n) is 1.59. The summed E-state index contributed by atoms with van der Waals surface area (Å²) in [7, 11) is 1.67. The van der Waals surface area contributed by atoms with Crippen molar-refractivity contribution < 1.29 is 4.74 Å². The molecule has 1 aromatic heterocycles. The van der Waals surface area contributed by atoms with Crippen LogP contribution in [0, 0.1) is 0 Å². The SMILES string of the molecule is COCCCNc1cnnc(Nc2ccc(Cl)cc2Cl)n1. The number of halogens is 2. The van der Waals surface area contributed by atoms with Crippen molar-refractivity contribution in [3.8, 4) is 0 Å². The number of hydrogen-bond donors (Lipinski definition) is 2. The van der Waals surface area contributed by atoms with Crippen molar-refractivity contribution in [3.63, 3.8) is 0 Å². The normalized spacial score (nSPS) is 10.4. The maximum atomic E-state index is 6.09. The molecule has 0 aliphatic heterocycles. The van der Waals surface area contributed by atoms with Gasteiger partial charge in [-0.05, 0) is 24.6 Å². The number of aromatic nitrogens is 3. The minimum Gasteiger partial charge on any atom is -0.385 e. The summed E-state index contributed by atoms with van der Waals surface area (Å²) in [6.07, 6.45) is 2.44. The number of methoxy groups -OCH3 is 1. The van der Waals surface area contributed by atoms with Crippen LogP contribution in [0.1, 0.15) is 6.42 Å². The predicted octanol–water partition coefficient (Wildman–Crippen LogP) is 3.37. The molecule has 0 aliphatic carbocycles. The van der Waals surface area contributed by atoms with Crippen molar-refractivity contribution >= 4 is 40.7 Å². The monoisotopic (exact) mass is 327 g/mol. The standard InChI is InChI=1S/C13H15Cl2N5O/c1-21-6-2-5-16-12-8-17-20-13(19-12)18-11-4-3-9(14)7-10(11)15/h3-4,7-8H,2,5-6H2,1H3,(H2,16,18,19,20). The van der Waals surface area contributed by atoms with Crippen LogP contribution in [0.15, 0.2) is 24.4 Å². The van der Waals surface area contributed by atoms with Crippen LogP contribution in [0.5, 0.6) is 0 Å². The first kappa shape index (κ1) is 15.8. The van der Waals surface area contributed by atoms with E-state index in [0.29, 0.717) is 34.1 Å². The van der Waals surface area contributed by atoms with E-state index in [4.69, 9.17) is 27.9 Å². The maximum Gasteiger partial charge on any atom is 0.249 e. The van der Waals surface area contributed by atoms with E-state index in [1.165, 1.54) is 0 Å². The third-order valence-electron chi connectivity index (χ3n) is 2.57. The van der Waals surface area contributed by atoms with E-state index in [0.717, 1.165) is 13.0 Å². The molecule has 6 nitrogen and oxygen atoms in total. The first-order valence-corrected chi connectivity index (χ1v) is 7.09. The van der Waals surface area contributed by atoms with Crippen molar-refractivity contribution in [1.82, 2.24) is 15.2 Å². The van der Waals surface area contributed by atoms with Crippen LogP contribution < -0.4 is 10.6 Å². The highest BCUT2D eigenvalue weighted by atomic mass is 35.5. The van der Waals surface area contributed by atoms with Gasteiger partial charge in [0.05, 0.1) is 16.9 Å². The van der Waals surface area contributed by atoms with Gasteiger partial charge in [-0.2, -0.15) is 10.1 Å². The van der Waals surface area contributed by atoms with Crippen LogP contribution in [0.3, 0.4) is 0 Å². The summed E-state index contributed by atoms with van der Waals surface area (Å²) in [4.78, 5) is 4.30. The van der Waals surface area contributed by atoms with Gasteiger partial charge in [-0.25, -0.2) is 0 Å². The molecule has 0 saturated heterocycles. The number of hydrogen-bond acceptors (Lipinski definition) is 6. The predicted molar refractivity (Wildman–Crippen MR) is 84.6 cm³/mol. The van der Waals surface area contributed by atoms with Crippen molar-refractivity contribution in [2.45, 2.75) is 6.42 Å². The maximum absolute atomic E-state index is 6.09. The van der Waals surface area contributed by atoms with Gasteiger partial charge in [0.1, 0.15) is 0 Å². The van der Waals surface area contributed by atoms with Crippen LogP contribution in [-0.2, 0) is 4.74 Å². The molecular formula is C13H15Cl2N5O. The third kappa shape index (κ3) is 5.00. The van der Waals surface area contributed by atoms with E-state index < -0.39 is 0 Å². The Morgan fingerprint density at radius 2 is 2.14 bits per heavy atom. The average Bonchev–Trinajstić information content (AvgIpc) is 2.47. The molecule has 0 aliphatic rings. The molecule has 2 rings (SSSR count). The van der Waals surface area contributed by atoms with Gasteiger partial charge in [0, 0.05) is 25.3 Å². The smallest absolute Gasteiger partial charge is 0.249 e. The number of nitrogens with one attached hydrogen (secondary N) is 2. The summed E-state index contributed by atoms with van der Waals surface area (Å²) in [6, 6.07) is 5.13. The molecule has 0 fully saturated rings. The fraction of sp³-hybridized carbons (Fsp3) is 0.308. The Morgan fingerprint density at radius 1 is 1.29 bits per heavy atom. The van der Waals surface area contributed by atoms with E-state index in [1.54, 1.807) is 31.5 Å². The molecule has 0 unspecified atom stereocenters. The number of nitrogens with zero attached hydrogens (tertiary/aromatic N) is 3. The number of rotatable bonds is 7. The lowest BCUT2D eigenvalue weighted by Crippen LogP contribution is -2.08. The molecule has 21 heavy (non-hydrogen) atoms. The fourth-order valence-corrected chi connectivity index (χ4v) is 2.04. The Bertz CT molecular complexity index is 597. The largest absolute Gasteiger partial charge is 0.385 e. The van der Waals surface area contributed by atoms with Crippen molar-refractivity contribution in [1.29, 1.82) is 0 Å². The lowest BCUT2D eigenvalue weighted by atomic mass is 10.3. The first-order chi connectivity index (χ1) is 10.2. The molecule has 2 aromatic rings. The minimum absolute atomic E-state index is 0.357. The van der Waals surface area contributed by atoms with Gasteiger partial charge < -0.3 is 15.4 Å². The molecule has 0 saturated carbocycles. The number of ether oxygens (including phenoxy) is 1. The summed E-state index contributed by atoms with van der Waals surface area (Å²) in [5.41, 5.74) is 0.666. The number of benzene rings is 1. The zero-order valence-corrected chi connectivity index (χ0v) is 12.9. The summed E-state index contributed by atoms with van der Waals surface area (Å²) in [5, 5.41) is 15.0. The van der Waals surface area contributed by atoms with E-state index in [9.17, 15) is 0 Å². The molecule has 1 heterocycles. The molecule has 0 radical (unpaired) electrons. The van der Waals surface area contributed by atoms with Gasteiger partial charge in [0.15, 0.2) is 5.82 Å². The summed E-state index contributed by atoms with van der Waals surface area (Å²) < 4.78 is 4.98. The zero-order valence-electron chi connectivity index (χ0n) is 11.4. The first-order valence-electron chi connectivity index (χ1n) is 6.33. The molecule has 112 valence electrons. The van der Waals surface area contributed by atoms with E-state index >= 15 is 0 Å². The second-order valence-corrected chi connectivity index (χ2v) is 5.03. The Morgan fingerprint density at radius 3 is 2.90 bits per heavy atom. The van der Waals surface area contributed by atoms with Gasteiger partial charge in [-0.15, -0.1) is 5.10 Å². The molecule has 0 spiro atoms. The van der Waals surface area contributed by atoms with Crippen LogP contribution in [0.25, 0.3) is 0 Å². The second-order valence-electron chi connectivity index (χ2n) is 4.19. The van der Waals surface area contributed by atoms with Gasteiger partial charge in [-0.1, -0.05) is 23.2 Å². The molecule has 0 amide bonds. The molecule has 8 heteroatoms. The van der Waals surface area contributed by atoms with Gasteiger partial charge in [0.25, 0.3) is 0 Å². The van der Waals surface area contributed by atoms with Crippen LogP contribution in [-0.4, -0.2) is 35.4 Å². The second kappa shape index (κ2) is 7.97. The Labute approximate surface area is 132 Å². The lowest BCUT2D eigenvalue weighted by Gasteiger charge is -2.08. The Balaban J connectivity index is 2.00. The molecule has 1 aromatic carbocycles. The van der Waals surface area contributed by atoms with Crippen molar-refractivity contribution in [3.05, 3.63) is 34.4 Å². The highest BCUT2D eigenvalue weighted by Gasteiger charge is 2.05. The van der Waals surface area contributed by atoms with E-state index in [-0.39, 0.29) is 0 Å². The average molecular weight is 328 g/mol. The van der Waals surface area contributed by atoms with Gasteiger partial charge in [0.2, 0.25) is 5.95 Å². The topological polar surface area (TPSA) is 72.0 Å². The number of anilines is 3. The van der Waals surface area contributed by atoms with Gasteiger partial charge >= 0.3 is 0 Å². The quantitative estimate of drug-likeness (QED) is 0.759. The summed E-state index contributed by atoms with van der Waals surface area (Å²) >= 11 is 11.9. The van der Waals surface area contributed by atoms with Crippen molar-refractivity contribution in [2.24, 2.45) is 0 Å². The summed E-state index contributed by atoms with van der Waals surface area (Å²) in [5.74, 6) is 0.990. The minimum atomic E-state index is 0.357. The highest BCUT2D eigenvalue weighted by Crippen LogP contribution is 2.27. The van der Waals surface area contributed by atoms with Crippen molar-refractivity contribution in [2.75, 3.05) is 30.9 Å². The van der Waals surface area contributed by atoms with E-state index in [2.05, 4.69) is 25.8 Å². The molecule has 0 bridgehead atoms. The van der Waals surface area contributed by atoms with Crippen LogP contribution in [0.4, 0.5) is 17.5 Å². The molecular weight excluding hydrogens is 313 g/mol. The van der Waals surface area contributed by atoms with E-state index in [1.807, 2.05) is 0 Å². The lowest BCUT2D eigenvalue weighted by molar-refractivity contribution is 0.197. The Kier molecular flexibility index (Phi) is 5.98. The Hall–Kier alpha value is -1.63.